The minimum Gasteiger partial charge on any atom is -0.489 e. The summed E-state index contributed by atoms with van der Waals surface area (Å²) >= 11 is 3.47. The highest BCUT2D eigenvalue weighted by Crippen LogP contribution is 2.23. The molecular weight excluding hydrogens is 332 g/mol. The van der Waals surface area contributed by atoms with Gasteiger partial charge in [-0.1, -0.05) is 40.2 Å². The number of ether oxygens (including phenoxy) is 2. The molecule has 0 bridgehead atoms. The van der Waals surface area contributed by atoms with E-state index in [0.29, 0.717) is 6.61 Å². The summed E-state index contributed by atoms with van der Waals surface area (Å²) < 4.78 is 11.6. The Morgan fingerprint density at radius 1 is 1.14 bits per heavy atom. The van der Waals surface area contributed by atoms with Crippen molar-refractivity contribution in [1.29, 1.82) is 0 Å². The molecule has 0 aromatic heterocycles. The Morgan fingerprint density at radius 3 is 2.52 bits per heavy atom. The van der Waals surface area contributed by atoms with Crippen LogP contribution in [-0.4, -0.2) is 13.1 Å². The van der Waals surface area contributed by atoms with Crippen molar-refractivity contribution in [1.82, 2.24) is 0 Å². The van der Waals surface area contributed by atoms with Gasteiger partial charge < -0.3 is 9.47 Å². The van der Waals surface area contributed by atoms with Gasteiger partial charge in [0.05, 0.1) is 13.5 Å². The van der Waals surface area contributed by atoms with E-state index >= 15 is 0 Å². The molecule has 0 spiro atoms. The van der Waals surface area contributed by atoms with Gasteiger partial charge in [-0.15, -0.1) is 0 Å². The smallest absolute Gasteiger partial charge is 0.309 e. The number of hydrogen-bond acceptors (Lipinski definition) is 3. The Morgan fingerprint density at radius 2 is 1.86 bits per heavy atom. The number of carbonyl (C=O) groups excluding carboxylic acids is 1. The maximum atomic E-state index is 11.4. The predicted molar refractivity (Wildman–Crippen MR) is 85.4 cm³/mol. The zero-order chi connectivity index (χ0) is 15.2. The zero-order valence-corrected chi connectivity index (χ0v) is 13.6. The quantitative estimate of drug-likeness (QED) is 0.764. The van der Waals surface area contributed by atoms with Crippen molar-refractivity contribution >= 4 is 21.9 Å². The molecule has 0 saturated carbocycles. The van der Waals surface area contributed by atoms with Crippen LogP contribution in [0.1, 0.15) is 16.7 Å². The summed E-state index contributed by atoms with van der Waals surface area (Å²) in [4.78, 5) is 11.4. The van der Waals surface area contributed by atoms with Crippen LogP contribution < -0.4 is 4.74 Å². The fourth-order valence-corrected chi connectivity index (χ4v) is 2.21. The molecule has 2 aromatic carbocycles. The average Bonchev–Trinajstić information content (AvgIpc) is 2.49. The van der Waals surface area contributed by atoms with Crippen molar-refractivity contribution in [3.05, 3.63) is 63.6 Å². The molecule has 0 unspecified atom stereocenters. The fraction of sp³-hybridized carbons (Fsp3) is 0.235. The van der Waals surface area contributed by atoms with Crippen molar-refractivity contribution in [3.63, 3.8) is 0 Å². The Bertz CT molecular complexity index is 638. The summed E-state index contributed by atoms with van der Waals surface area (Å²) in [7, 11) is 1.39. The molecule has 0 aliphatic rings. The van der Waals surface area contributed by atoms with Gasteiger partial charge in [0.15, 0.2) is 0 Å². The molecule has 0 amide bonds. The number of aryl methyl sites for hydroxylation is 1. The largest absolute Gasteiger partial charge is 0.489 e. The van der Waals surface area contributed by atoms with Crippen LogP contribution in [0.4, 0.5) is 0 Å². The molecule has 110 valence electrons. The van der Waals surface area contributed by atoms with E-state index in [4.69, 9.17) is 9.47 Å². The first-order chi connectivity index (χ1) is 10.1. The summed E-state index contributed by atoms with van der Waals surface area (Å²) in [6, 6.07) is 13.6. The third-order valence-electron chi connectivity index (χ3n) is 3.20. The van der Waals surface area contributed by atoms with E-state index in [2.05, 4.69) is 15.9 Å². The van der Waals surface area contributed by atoms with Crippen LogP contribution in [0.5, 0.6) is 5.75 Å². The predicted octanol–water partition coefficient (Wildman–Crippen LogP) is 4.05. The molecule has 0 atom stereocenters. The number of carbonyl (C=O) groups is 1. The summed E-state index contributed by atoms with van der Waals surface area (Å²) in [6.07, 6.45) is 0.259. The van der Waals surface area contributed by atoms with Gasteiger partial charge in [0, 0.05) is 4.47 Å². The van der Waals surface area contributed by atoms with Gasteiger partial charge >= 0.3 is 5.97 Å². The summed E-state index contributed by atoms with van der Waals surface area (Å²) in [5.74, 6) is 0.561. The molecule has 0 saturated heterocycles. The molecule has 0 aliphatic carbocycles. The minimum absolute atomic E-state index is 0.248. The molecule has 0 N–H and O–H groups in total. The number of rotatable bonds is 5. The molecule has 4 heteroatoms. The van der Waals surface area contributed by atoms with Gasteiger partial charge in [0.25, 0.3) is 0 Å². The molecule has 21 heavy (non-hydrogen) atoms. The fourth-order valence-electron chi connectivity index (χ4n) is 1.97. The molecule has 2 aromatic rings. The van der Waals surface area contributed by atoms with E-state index < -0.39 is 0 Å². The average molecular weight is 349 g/mol. The molecule has 0 heterocycles. The second-order valence-electron chi connectivity index (χ2n) is 4.72. The monoisotopic (exact) mass is 348 g/mol. The van der Waals surface area contributed by atoms with E-state index in [9.17, 15) is 4.79 Å². The van der Waals surface area contributed by atoms with E-state index in [1.807, 2.05) is 49.4 Å². The highest BCUT2D eigenvalue weighted by molar-refractivity contribution is 9.10. The van der Waals surface area contributed by atoms with Gasteiger partial charge in [-0.2, -0.15) is 0 Å². The maximum Gasteiger partial charge on any atom is 0.309 e. The minimum atomic E-state index is -0.248. The van der Waals surface area contributed by atoms with Crippen LogP contribution in [0.2, 0.25) is 0 Å². The standard InChI is InChI=1S/C17H17BrO3/c1-12-9-15(7-8-16(12)18)21-11-14-6-4-3-5-13(14)10-17(19)20-2/h3-9H,10-11H2,1-2H3. The topological polar surface area (TPSA) is 35.5 Å². The number of hydrogen-bond donors (Lipinski definition) is 0. The second kappa shape index (κ2) is 7.27. The number of benzene rings is 2. The molecular formula is C17H17BrO3. The lowest BCUT2D eigenvalue weighted by atomic mass is 10.1. The maximum absolute atomic E-state index is 11.4. The summed E-state index contributed by atoms with van der Waals surface area (Å²) in [5, 5.41) is 0. The van der Waals surface area contributed by atoms with E-state index in [0.717, 1.165) is 26.9 Å². The van der Waals surface area contributed by atoms with Crippen molar-refractivity contribution < 1.29 is 14.3 Å². The number of halogens is 1. The molecule has 0 aliphatic heterocycles. The lowest BCUT2D eigenvalue weighted by molar-refractivity contribution is -0.139. The molecule has 0 fully saturated rings. The van der Waals surface area contributed by atoms with Crippen LogP contribution in [-0.2, 0) is 22.6 Å². The zero-order valence-electron chi connectivity index (χ0n) is 12.1. The Hall–Kier alpha value is -1.81. The Kier molecular flexibility index (Phi) is 5.39. The van der Waals surface area contributed by atoms with Gasteiger partial charge in [-0.05, 0) is 41.8 Å². The summed E-state index contributed by atoms with van der Waals surface area (Å²) in [6.45, 7) is 2.44. The van der Waals surface area contributed by atoms with Gasteiger partial charge in [-0.25, -0.2) is 0 Å². The third kappa shape index (κ3) is 4.33. The molecule has 2 rings (SSSR count). The van der Waals surface area contributed by atoms with Crippen molar-refractivity contribution in [3.8, 4) is 5.75 Å². The van der Waals surface area contributed by atoms with Crippen molar-refractivity contribution in [2.45, 2.75) is 20.0 Å². The second-order valence-corrected chi connectivity index (χ2v) is 5.58. The van der Waals surface area contributed by atoms with Crippen molar-refractivity contribution in [2.24, 2.45) is 0 Å². The SMILES string of the molecule is COC(=O)Cc1ccccc1COc1ccc(Br)c(C)c1. The van der Waals surface area contributed by atoms with E-state index in [1.54, 1.807) is 0 Å². The molecule has 3 nitrogen and oxygen atoms in total. The van der Waals surface area contributed by atoms with Crippen LogP contribution >= 0.6 is 15.9 Å². The Labute approximate surface area is 133 Å². The number of esters is 1. The first kappa shape index (κ1) is 15.6. The normalized spacial score (nSPS) is 10.2. The first-order valence-electron chi connectivity index (χ1n) is 6.62. The van der Waals surface area contributed by atoms with Gasteiger partial charge in [0.2, 0.25) is 0 Å². The van der Waals surface area contributed by atoms with Gasteiger partial charge in [0.1, 0.15) is 12.4 Å². The third-order valence-corrected chi connectivity index (χ3v) is 4.09. The van der Waals surface area contributed by atoms with E-state index in [1.165, 1.54) is 7.11 Å². The van der Waals surface area contributed by atoms with Gasteiger partial charge in [-0.3, -0.25) is 4.79 Å². The molecule has 0 radical (unpaired) electrons. The highest BCUT2D eigenvalue weighted by atomic mass is 79.9. The first-order valence-corrected chi connectivity index (χ1v) is 7.42. The van der Waals surface area contributed by atoms with Crippen LogP contribution in [0.15, 0.2) is 46.9 Å². The van der Waals surface area contributed by atoms with Crippen LogP contribution in [0.25, 0.3) is 0 Å². The van der Waals surface area contributed by atoms with Crippen molar-refractivity contribution in [2.75, 3.05) is 7.11 Å². The summed E-state index contributed by atoms with van der Waals surface area (Å²) in [5.41, 5.74) is 3.04. The highest BCUT2D eigenvalue weighted by Gasteiger charge is 2.08. The van der Waals surface area contributed by atoms with Crippen LogP contribution in [0.3, 0.4) is 0 Å². The Balaban J connectivity index is 2.09. The lowest BCUT2D eigenvalue weighted by Gasteiger charge is -2.11. The van der Waals surface area contributed by atoms with E-state index in [-0.39, 0.29) is 12.4 Å². The number of methoxy groups -OCH3 is 1. The lowest BCUT2D eigenvalue weighted by Crippen LogP contribution is -2.08. The van der Waals surface area contributed by atoms with Crippen LogP contribution in [0, 0.1) is 6.92 Å².